The van der Waals surface area contributed by atoms with E-state index in [0.717, 1.165) is 22.4 Å². The predicted octanol–water partition coefficient (Wildman–Crippen LogP) is 3.62. The molecule has 0 amide bonds. The Morgan fingerprint density at radius 2 is 1.79 bits per heavy atom. The summed E-state index contributed by atoms with van der Waals surface area (Å²) in [5.41, 5.74) is 2.66. The summed E-state index contributed by atoms with van der Waals surface area (Å²) in [6.07, 6.45) is 0. The van der Waals surface area contributed by atoms with Gasteiger partial charge < -0.3 is 9.47 Å². The molecular weight excluding hydrogens is 264 g/mol. The fourth-order valence-electron chi connectivity index (χ4n) is 1.85. The molecule has 4 heteroatoms. The number of methoxy groups -OCH3 is 1. The molecule has 1 rings (SSSR count). The Balaban J connectivity index is 2.82. The van der Waals surface area contributed by atoms with Crippen LogP contribution in [-0.2, 0) is 15.4 Å². The van der Waals surface area contributed by atoms with Crippen molar-refractivity contribution in [3.8, 4) is 5.75 Å². The molecule has 0 radical (unpaired) electrons. The molecule has 1 aromatic carbocycles. The van der Waals surface area contributed by atoms with Gasteiger partial charge in [0.25, 0.3) is 0 Å². The average Bonchev–Trinajstić information content (AvgIpc) is 2.35. The second kappa shape index (κ2) is 6.29. The molecule has 0 N–H and O–H groups in total. The lowest BCUT2D eigenvalue weighted by Crippen LogP contribution is -2.32. The van der Waals surface area contributed by atoms with Crippen LogP contribution in [0.15, 0.2) is 12.1 Å². The van der Waals surface area contributed by atoms with Crippen LogP contribution < -0.4 is 4.74 Å². The van der Waals surface area contributed by atoms with Crippen LogP contribution in [0, 0.1) is 19.3 Å². The first-order valence-electron chi connectivity index (χ1n) is 6.19. The summed E-state index contributed by atoms with van der Waals surface area (Å²) < 4.78 is 10.5. The molecule has 0 fully saturated rings. The molecule has 0 bridgehead atoms. The minimum absolute atomic E-state index is 0.277. The largest absolute Gasteiger partial charge is 0.492 e. The SMILES string of the molecule is COC(=O)C(C)(C)COc1cc(C)c(CCl)c(C)c1. The number of ether oxygens (including phenoxy) is 2. The van der Waals surface area contributed by atoms with E-state index in [-0.39, 0.29) is 12.6 Å². The number of alkyl halides is 1. The number of esters is 1. The van der Waals surface area contributed by atoms with Gasteiger partial charge in [-0.3, -0.25) is 4.79 Å². The zero-order chi connectivity index (χ0) is 14.6. The lowest BCUT2D eigenvalue weighted by Gasteiger charge is -2.22. The van der Waals surface area contributed by atoms with Crippen molar-refractivity contribution < 1.29 is 14.3 Å². The topological polar surface area (TPSA) is 35.5 Å². The third-order valence-electron chi connectivity index (χ3n) is 3.14. The van der Waals surface area contributed by atoms with E-state index < -0.39 is 5.41 Å². The fourth-order valence-corrected chi connectivity index (χ4v) is 2.27. The first kappa shape index (κ1) is 15.8. The highest BCUT2D eigenvalue weighted by Gasteiger charge is 2.29. The lowest BCUT2D eigenvalue weighted by molar-refractivity contribution is -0.152. The molecule has 1 aromatic rings. The van der Waals surface area contributed by atoms with E-state index in [1.54, 1.807) is 13.8 Å². The summed E-state index contributed by atoms with van der Waals surface area (Å²) in [6, 6.07) is 3.89. The number of rotatable bonds is 5. The summed E-state index contributed by atoms with van der Waals surface area (Å²) in [7, 11) is 1.38. The van der Waals surface area contributed by atoms with E-state index >= 15 is 0 Å². The predicted molar refractivity (Wildman–Crippen MR) is 76.8 cm³/mol. The van der Waals surface area contributed by atoms with E-state index in [9.17, 15) is 4.79 Å². The Kier molecular flexibility index (Phi) is 5.24. The van der Waals surface area contributed by atoms with E-state index in [4.69, 9.17) is 21.1 Å². The maximum atomic E-state index is 11.6. The van der Waals surface area contributed by atoms with Gasteiger partial charge in [-0.2, -0.15) is 0 Å². The molecule has 0 heterocycles. The van der Waals surface area contributed by atoms with Crippen LogP contribution in [0.3, 0.4) is 0 Å². The standard InChI is InChI=1S/C15H21ClO3/c1-10-6-12(7-11(2)13(10)8-16)19-9-15(3,4)14(17)18-5/h6-7H,8-9H2,1-5H3. The van der Waals surface area contributed by atoms with Crippen LogP contribution in [-0.4, -0.2) is 19.7 Å². The molecule has 0 aromatic heterocycles. The Morgan fingerprint density at radius 1 is 1.26 bits per heavy atom. The maximum absolute atomic E-state index is 11.6. The number of hydrogen-bond acceptors (Lipinski definition) is 3. The molecule has 0 aliphatic carbocycles. The highest BCUT2D eigenvalue weighted by Crippen LogP contribution is 2.25. The Morgan fingerprint density at radius 3 is 2.21 bits per heavy atom. The van der Waals surface area contributed by atoms with Crippen LogP contribution in [0.5, 0.6) is 5.75 Å². The van der Waals surface area contributed by atoms with Gasteiger partial charge in [0.05, 0.1) is 12.5 Å². The van der Waals surface area contributed by atoms with Crippen molar-refractivity contribution in [2.75, 3.05) is 13.7 Å². The van der Waals surface area contributed by atoms with Gasteiger partial charge >= 0.3 is 5.97 Å². The van der Waals surface area contributed by atoms with Crippen LogP contribution in [0.2, 0.25) is 0 Å². The van der Waals surface area contributed by atoms with Crippen molar-refractivity contribution >= 4 is 17.6 Å². The molecule has 0 spiro atoms. The zero-order valence-electron chi connectivity index (χ0n) is 12.2. The Hall–Kier alpha value is -1.22. The number of aryl methyl sites for hydroxylation is 2. The first-order valence-corrected chi connectivity index (χ1v) is 6.72. The van der Waals surface area contributed by atoms with Crippen molar-refractivity contribution in [1.29, 1.82) is 0 Å². The normalized spacial score (nSPS) is 11.3. The second-order valence-electron chi connectivity index (χ2n) is 5.33. The quantitative estimate of drug-likeness (QED) is 0.612. The zero-order valence-corrected chi connectivity index (χ0v) is 12.9. The molecule has 0 aliphatic heterocycles. The van der Waals surface area contributed by atoms with Gasteiger partial charge in [0.1, 0.15) is 12.4 Å². The van der Waals surface area contributed by atoms with Gasteiger partial charge in [-0.25, -0.2) is 0 Å². The molecule has 19 heavy (non-hydrogen) atoms. The van der Waals surface area contributed by atoms with E-state index in [1.165, 1.54) is 7.11 Å². The number of hydrogen-bond donors (Lipinski definition) is 0. The van der Waals surface area contributed by atoms with Crippen molar-refractivity contribution in [3.05, 3.63) is 28.8 Å². The second-order valence-corrected chi connectivity index (χ2v) is 5.60. The summed E-state index contributed by atoms with van der Waals surface area (Å²) >= 11 is 5.90. The van der Waals surface area contributed by atoms with Gasteiger partial charge in [0, 0.05) is 5.88 Å². The summed E-state index contributed by atoms with van der Waals surface area (Å²) in [5, 5.41) is 0. The van der Waals surface area contributed by atoms with Crippen LogP contribution in [0.25, 0.3) is 0 Å². The maximum Gasteiger partial charge on any atom is 0.314 e. The molecule has 0 saturated heterocycles. The molecule has 106 valence electrons. The number of carbonyl (C=O) groups is 1. The van der Waals surface area contributed by atoms with Crippen molar-refractivity contribution in [1.82, 2.24) is 0 Å². The third kappa shape index (κ3) is 3.87. The van der Waals surface area contributed by atoms with Crippen molar-refractivity contribution in [2.24, 2.45) is 5.41 Å². The minimum atomic E-state index is -0.665. The Bertz CT molecular complexity index is 443. The highest BCUT2D eigenvalue weighted by atomic mass is 35.5. The summed E-state index contributed by atoms with van der Waals surface area (Å²) in [5.74, 6) is 0.963. The molecule has 0 aliphatic rings. The summed E-state index contributed by atoms with van der Waals surface area (Å²) in [4.78, 5) is 11.6. The molecule has 0 atom stereocenters. The van der Waals surface area contributed by atoms with E-state index in [2.05, 4.69) is 0 Å². The van der Waals surface area contributed by atoms with Crippen molar-refractivity contribution in [3.63, 3.8) is 0 Å². The molecule has 0 unspecified atom stereocenters. The van der Waals surface area contributed by atoms with Crippen molar-refractivity contribution in [2.45, 2.75) is 33.6 Å². The Labute approximate surface area is 119 Å². The number of halogens is 1. The van der Waals surface area contributed by atoms with E-state index in [1.807, 2.05) is 26.0 Å². The van der Waals surface area contributed by atoms with Crippen LogP contribution in [0.1, 0.15) is 30.5 Å². The lowest BCUT2D eigenvalue weighted by atomic mass is 9.95. The highest BCUT2D eigenvalue weighted by molar-refractivity contribution is 6.17. The average molecular weight is 285 g/mol. The third-order valence-corrected chi connectivity index (χ3v) is 3.41. The van der Waals surface area contributed by atoms with Gasteiger partial charge in [0.2, 0.25) is 0 Å². The van der Waals surface area contributed by atoms with Gasteiger partial charge in [-0.1, -0.05) is 0 Å². The minimum Gasteiger partial charge on any atom is -0.492 e. The van der Waals surface area contributed by atoms with Crippen LogP contribution in [0.4, 0.5) is 0 Å². The monoisotopic (exact) mass is 284 g/mol. The van der Waals surface area contributed by atoms with Gasteiger partial charge in [0.15, 0.2) is 0 Å². The van der Waals surface area contributed by atoms with Gasteiger partial charge in [-0.15, -0.1) is 11.6 Å². The number of carbonyl (C=O) groups excluding carboxylic acids is 1. The summed E-state index contributed by atoms with van der Waals surface area (Å²) in [6.45, 7) is 7.88. The molecule has 0 saturated carbocycles. The van der Waals surface area contributed by atoms with E-state index in [0.29, 0.717) is 5.88 Å². The van der Waals surface area contributed by atoms with Gasteiger partial charge in [-0.05, 0) is 56.5 Å². The number of benzene rings is 1. The molecule has 3 nitrogen and oxygen atoms in total. The fraction of sp³-hybridized carbons (Fsp3) is 0.533. The molecular formula is C15H21ClO3. The first-order chi connectivity index (χ1) is 8.81. The smallest absolute Gasteiger partial charge is 0.314 e. The van der Waals surface area contributed by atoms with Crippen LogP contribution >= 0.6 is 11.6 Å².